The molecule has 1 aromatic heterocycles. The highest BCUT2D eigenvalue weighted by Gasteiger charge is 2.17. The van der Waals surface area contributed by atoms with Crippen molar-refractivity contribution in [2.45, 2.75) is 19.8 Å². The largest absolute Gasteiger partial charge is 0.341 e. The molecule has 28 heavy (non-hydrogen) atoms. The van der Waals surface area contributed by atoms with Gasteiger partial charge in [0.15, 0.2) is 0 Å². The van der Waals surface area contributed by atoms with Crippen LogP contribution in [-0.2, 0) is 0 Å². The van der Waals surface area contributed by atoms with Gasteiger partial charge in [-0.05, 0) is 61.7 Å². The molecule has 0 spiro atoms. The lowest BCUT2D eigenvalue weighted by Crippen LogP contribution is -2.21. The molecular weight excluding hydrogens is 395 g/mol. The smallest absolute Gasteiger partial charge is 0.233 e. The Labute approximate surface area is 175 Å². The molecule has 1 fully saturated rings. The van der Waals surface area contributed by atoms with Crippen molar-refractivity contribution in [3.05, 3.63) is 59.1 Å². The molecular formula is C20H22Cl2N6. The molecule has 146 valence electrons. The van der Waals surface area contributed by atoms with E-state index in [2.05, 4.69) is 49.5 Å². The fourth-order valence-corrected chi connectivity index (χ4v) is 3.18. The minimum atomic E-state index is 0. The zero-order valence-electron chi connectivity index (χ0n) is 15.5. The van der Waals surface area contributed by atoms with Gasteiger partial charge in [0.2, 0.25) is 17.8 Å². The summed E-state index contributed by atoms with van der Waals surface area (Å²) in [7, 11) is 0. The van der Waals surface area contributed by atoms with Crippen LogP contribution in [0.3, 0.4) is 0 Å². The lowest BCUT2D eigenvalue weighted by atomic mass is 10.2. The lowest BCUT2D eigenvalue weighted by molar-refractivity contribution is 0.886. The minimum Gasteiger partial charge on any atom is -0.341 e. The van der Waals surface area contributed by atoms with Gasteiger partial charge in [-0.25, -0.2) is 0 Å². The van der Waals surface area contributed by atoms with E-state index in [9.17, 15) is 0 Å². The number of hydrogen-bond acceptors (Lipinski definition) is 6. The van der Waals surface area contributed by atoms with Crippen molar-refractivity contribution in [2.24, 2.45) is 0 Å². The summed E-state index contributed by atoms with van der Waals surface area (Å²) in [5.41, 5.74) is 3.00. The summed E-state index contributed by atoms with van der Waals surface area (Å²) in [5, 5.41) is 7.23. The van der Waals surface area contributed by atoms with Crippen molar-refractivity contribution in [1.29, 1.82) is 0 Å². The second-order valence-electron chi connectivity index (χ2n) is 6.60. The van der Waals surface area contributed by atoms with Crippen LogP contribution < -0.4 is 15.5 Å². The first-order chi connectivity index (χ1) is 13.2. The lowest BCUT2D eigenvalue weighted by Gasteiger charge is -2.17. The van der Waals surface area contributed by atoms with E-state index in [1.165, 1.54) is 5.56 Å². The molecule has 4 rings (SSSR count). The number of halogens is 2. The van der Waals surface area contributed by atoms with Gasteiger partial charge in [-0.3, -0.25) is 0 Å². The van der Waals surface area contributed by atoms with E-state index in [0.29, 0.717) is 22.9 Å². The van der Waals surface area contributed by atoms with Crippen LogP contribution in [0, 0.1) is 6.92 Å². The van der Waals surface area contributed by atoms with Gasteiger partial charge in [-0.15, -0.1) is 12.4 Å². The molecule has 2 aromatic carbocycles. The highest BCUT2D eigenvalue weighted by atomic mass is 35.5. The van der Waals surface area contributed by atoms with Crippen molar-refractivity contribution in [1.82, 2.24) is 15.0 Å². The van der Waals surface area contributed by atoms with Gasteiger partial charge in [0.25, 0.3) is 0 Å². The summed E-state index contributed by atoms with van der Waals surface area (Å²) < 4.78 is 0. The minimum absolute atomic E-state index is 0. The van der Waals surface area contributed by atoms with Crippen molar-refractivity contribution in [2.75, 3.05) is 28.6 Å². The SMILES string of the molecule is Cc1cccc(Nc2nc(Nc3ccc(Cl)cc3)nc(N3CCCC3)n2)c1.Cl. The molecule has 2 heterocycles. The average Bonchev–Trinajstić information content (AvgIpc) is 3.18. The summed E-state index contributed by atoms with van der Waals surface area (Å²) >= 11 is 5.97. The van der Waals surface area contributed by atoms with Crippen LogP contribution in [0.2, 0.25) is 5.02 Å². The maximum atomic E-state index is 5.97. The predicted molar refractivity (Wildman–Crippen MR) is 118 cm³/mol. The predicted octanol–water partition coefficient (Wildman–Crippen LogP) is 5.34. The molecule has 0 aliphatic carbocycles. The fourth-order valence-electron chi connectivity index (χ4n) is 3.05. The van der Waals surface area contributed by atoms with Gasteiger partial charge in [-0.1, -0.05) is 23.7 Å². The summed E-state index contributed by atoms with van der Waals surface area (Å²) in [5.74, 6) is 1.72. The molecule has 1 saturated heterocycles. The van der Waals surface area contributed by atoms with Crippen molar-refractivity contribution in [3.63, 3.8) is 0 Å². The molecule has 1 aliphatic rings. The van der Waals surface area contributed by atoms with Crippen LogP contribution in [0.25, 0.3) is 0 Å². The summed E-state index contributed by atoms with van der Waals surface area (Å²) in [6.45, 7) is 3.99. The molecule has 3 aromatic rings. The third kappa shape index (κ3) is 5.03. The Hall–Kier alpha value is -2.57. The Balaban J connectivity index is 0.00000225. The third-order valence-corrected chi connectivity index (χ3v) is 4.64. The Morgan fingerprint density at radius 3 is 2.14 bits per heavy atom. The Bertz CT molecular complexity index is 926. The number of hydrogen-bond donors (Lipinski definition) is 2. The zero-order valence-corrected chi connectivity index (χ0v) is 17.1. The first kappa shape index (κ1) is 20.2. The number of rotatable bonds is 5. The molecule has 0 bridgehead atoms. The normalized spacial score (nSPS) is 13.1. The molecule has 6 nitrogen and oxygen atoms in total. The standard InChI is InChI=1S/C20H21ClN6.ClH/c1-14-5-4-6-17(13-14)23-19-24-18(22-16-9-7-15(21)8-10-16)25-20(26-19)27-11-2-3-12-27;/h4-10,13H,2-3,11-12H2,1H3,(H2,22,23,24,25,26);1H. The van der Waals surface area contributed by atoms with E-state index in [4.69, 9.17) is 11.6 Å². The van der Waals surface area contributed by atoms with E-state index in [-0.39, 0.29) is 12.4 Å². The number of anilines is 5. The van der Waals surface area contributed by atoms with Crippen LogP contribution in [0.15, 0.2) is 48.5 Å². The Morgan fingerprint density at radius 1 is 0.857 bits per heavy atom. The Kier molecular flexibility index (Phi) is 6.54. The van der Waals surface area contributed by atoms with Gasteiger partial charge < -0.3 is 15.5 Å². The number of aromatic nitrogens is 3. The Morgan fingerprint density at radius 2 is 1.50 bits per heavy atom. The van der Waals surface area contributed by atoms with Crippen LogP contribution in [0.5, 0.6) is 0 Å². The first-order valence-electron chi connectivity index (χ1n) is 9.03. The van der Waals surface area contributed by atoms with E-state index < -0.39 is 0 Å². The van der Waals surface area contributed by atoms with E-state index in [1.54, 1.807) is 0 Å². The molecule has 0 atom stereocenters. The number of benzene rings is 2. The number of nitrogens with zero attached hydrogens (tertiary/aromatic N) is 4. The highest BCUT2D eigenvalue weighted by molar-refractivity contribution is 6.30. The fraction of sp³-hybridized carbons (Fsp3) is 0.250. The number of nitrogens with one attached hydrogen (secondary N) is 2. The monoisotopic (exact) mass is 416 g/mol. The third-order valence-electron chi connectivity index (χ3n) is 4.39. The van der Waals surface area contributed by atoms with Crippen molar-refractivity contribution >= 4 is 53.2 Å². The van der Waals surface area contributed by atoms with Crippen LogP contribution in [0.4, 0.5) is 29.2 Å². The van der Waals surface area contributed by atoms with Crippen LogP contribution in [0.1, 0.15) is 18.4 Å². The van der Waals surface area contributed by atoms with Gasteiger partial charge in [0.1, 0.15) is 0 Å². The van der Waals surface area contributed by atoms with Crippen molar-refractivity contribution in [3.8, 4) is 0 Å². The molecule has 0 saturated carbocycles. The van der Waals surface area contributed by atoms with E-state index in [0.717, 1.165) is 37.3 Å². The molecule has 8 heteroatoms. The first-order valence-corrected chi connectivity index (χ1v) is 9.41. The maximum Gasteiger partial charge on any atom is 0.233 e. The molecule has 1 aliphatic heterocycles. The van der Waals surface area contributed by atoms with E-state index >= 15 is 0 Å². The van der Waals surface area contributed by atoms with Gasteiger partial charge >= 0.3 is 0 Å². The van der Waals surface area contributed by atoms with Crippen LogP contribution >= 0.6 is 24.0 Å². The van der Waals surface area contributed by atoms with Gasteiger partial charge in [0, 0.05) is 29.5 Å². The van der Waals surface area contributed by atoms with Gasteiger partial charge in [-0.2, -0.15) is 15.0 Å². The highest BCUT2D eigenvalue weighted by Crippen LogP contribution is 2.23. The molecule has 0 unspecified atom stereocenters. The quantitative estimate of drug-likeness (QED) is 0.584. The maximum absolute atomic E-state index is 5.97. The van der Waals surface area contributed by atoms with Gasteiger partial charge in [0.05, 0.1) is 0 Å². The van der Waals surface area contributed by atoms with Crippen molar-refractivity contribution < 1.29 is 0 Å². The molecule has 2 N–H and O–H groups in total. The average molecular weight is 417 g/mol. The van der Waals surface area contributed by atoms with E-state index in [1.807, 2.05) is 36.4 Å². The number of aryl methyl sites for hydroxylation is 1. The summed E-state index contributed by atoms with van der Waals surface area (Å²) in [6.07, 6.45) is 2.32. The summed E-state index contributed by atoms with van der Waals surface area (Å²) in [6, 6.07) is 15.6. The molecule has 0 amide bonds. The summed E-state index contributed by atoms with van der Waals surface area (Å²) in [4.78, 5) is 16.0. The second kappa shape index (κ2) is 9.08. The van der Waals surface area contributed by atoms with Crippen LogP contribution in [-0.4, -0.2) is 28.0 Å². The molecule has 0 radical (unpaired) electrons. The zero-order chi connectivity index (χ0) is 18.6. The topological polar surface area (TPSA) is 66.0 Å². The second-order valence-corrected chi connectivity index (χ2v) is 7.04.